The fourth-order valence-corrected chi connectivity index (χ4v) is 3.16. The summed E-state index contributed by atoms with van der Waals surface area (Å²) in [4.78, 5) is 19.4. The number of hydrogen-bond donors (Lipinski definition) is 1. The van der Waals surface area contributed by atoms with Crippen LogP contribution in [-0.2, 0) is 0 Å². The van der Waals surface area contributed by atoms with E-state index in [1.807, 2.05) is 57.4 Å². The van der Waals surface area contributed by atoms with Crippen LogP contribution < -0.4 is 10.1 Å². The van der Waals surface area contributed by atoms with Crippen LogP contribution in [0.25, 0.3) is 10.9 Å². The lowest BCUT2D eigenvalue weighted by molar-refractivity contribution is 0.0982. The SMILES string of the molecule is CCCC(=O)c1cnc2ccc(OCCN(C)C)cc2c1Nc1ccccc1C. The van der Waals surface area contributed by atoms with Gasteiger partial charge >= 0.3 is 0 Å². The number of fused-ring (bicyclic) bond motifs is 1. The Bertz CT molecular complexity index is 999. The van der Waals surface area contributed by atoms with E-state index in [0.29, 0.717) is 18.6 Å². The number of benzene rings is 2. The monoisotopic (exact) mass is 391 g/mol. The molecule has 2 aromatic carbocycles. The lowest BCUT2D eigenvalue weighted by Crippen LogP contribution is -2.19. The van der Waals surface area contributed by atoms with Crippen molar-refractivity contribution in [2.45, 2.75) is 26.7 Å². The minimum Gasteiger partial charge on any atom is -0.492 e. The minimum atomic E-state index is 0.0944. The van der Waals surface area contributed by atoms with Crippen LogP contribution in [0.4, 0.5) is 11.4 Å². The Labute approximate surface area is 172 Å². The molecule has 0 radical (unpaired) electrons. The van der Waals surface area contributed by atoms with Crippen molar-refractivity contribution in [3.05, 3.63) is 59.8 Å². The van der Waals surface area contributed by atoms with Crippen LogP contribution >= 0.6 is 0 Å². The first-order valence-electron chi connectivity index (χ1n) is 10.1. The number of carbonyl (C=O) groups is 1. The Hall–Kier alpha value is -2.92. The molecular weight excluding hydrogens is 362 g/mol. The summed E-state index contributed by atoms with van der Waals surface area (Å²) in [5, 5.41) is 4.39. The quantitative estimate of drug-likeness (QED) is 0.508. The lowest BCUT2D eigenvalue weighted by Gasteiger charge is -2.17. The third kappa shape index (κ3) is 5.12. The number of ketones is 1. The summed E-state index contributed by atoms with van der Waals surface area (Å²) < 4.78 is 5.92. The summed E-state index contributed by atoms with van der Waals surface area (Å²) in [7, 11) is 4.03. The number of para-hydroxylation sites is 1. The third-order valence-corrected chi connectivity index (χ3v) is 4.83. The first-order valence-corrected chi connectivity index (χ1v) is 10.1. The van der Waals surface area contributed by atoms with Gasteiger partial charge in [0.25, 0.3) is 0 Å². The molecule has 5 nitrogen and oxygen atoms in total. The van der Waals surface area contributed by atoms with Crippen molar-refractivity contribution >= 4 is 28.1 Å². The van der Waals surface area contributed by atoms with Gasteiger partial charge in [0.15, 0.2) is 5.78 Å². The first kappa shape index (κ1) is 20.8. The van der Waals surface area contributed by atoms with E-state index in [-0.39, 0.29) is 5.78 Å². The number of aromatic nitrogens is 1. The van der Waals surface area contributed by atoms with Crippen LogP contribution in [0.15, 0.2) is 48.7 Å². The van der Waals surface area contributed by atoms with Gasteiger partial charge in [0, 0.05) is 30.2 Å². The maximum atomic E-state index is 12.8. The zero-order valence-corrected chi connectivity index (χ0v) is 17.7. The van der Waals surface area contributed by atoms with Gasteiger partial charge in [0.05, 0.1) is 16.8 Å². The fraction of sp³-hybridized carbons (Fsp3) is 0.333. The molecular formula is C24H29N3O2. The van der Waals surface area contributed by atoms with E-state index in [1.54, 1.807) is 6.20 Å². The Kier molecular flexibility index (Phi) is 6.83. The van der Waals surface area contributed by atoms with Crippen LogP contribution in [0.1, 0.15) is 35.7 Å². The molecule has 5 heteroatoms. The number of pyridine rings is 1. The van der Waals surface area contributed by atoms with E-state index in [2.05, 4.69) is 28.2 Å². The van der Waals surface area contributed by atoms with Crippen LogP contribution in [0.3, 0.4) is 0 Å². The molecule has 0 bridgehead atoms. The maximum Gasteiger partial charge on any atom is 0.166 e. The summed E-state index contributed by atoms with van der Waals surface area (Å²) >= 11 is 0. The topological polar surface area (TPSA) is 54.5 Å². The van der Waals surface area contributed by atoms with Gasteiger partial charge in [-0.1, -0.05) is 25.1 Å². The van der Waals surface area contributed by atoms with Crippen molar-refractivity contribution in [1.82, 2.24) is 9.88 Å². The van der Waals surface area contributed by atoms with Crippen LogP contribution in [-0.4, -0.2) is 42.9 Å². The highest BCUT2D eigenvalue weighted by Crippen LogP contribution is 2.33. The number of ether oxygens (including phenoxy) is 1. The van der Waals surface area contributed by atoms with Crippen LogP contribution in [0.2, 0.25) is 0 Å². The van der Waals surface area contributed by atoms with Crippen LogP contribution in [0.5, 0.6) is 5.75 Å². The first-order chi connectivity index (χ1) is 14.0. The van der Waals surface area contributed by atoms with Crippen molar-refractivity contribution in [2.75, 3.05) is 32.6 Å². The van der Waals surface area contributed by atoms with E-state index >= 15 is 0 Å². The van der Waals surface area contributed by atoms with Crippen molar-refractivity contribution in [3.8, 4) is 5.75 Å². The zero-order valence-electron chi connectivity index (χ0n) is 17.7. The van der Waals surface area contributed by atoms with E-state index in [0.717, 1.165) is 46.6 Å². The van der Waals surface area contributed by atoms with E-state index in [9.17, 15) is 4.79 Å². The molecule has 3 aromatic rings. The standard InChI is InChI=1S/C24H29N3O2/c1-5-8-23(28)20-16-25-22-12-11-18(29-14-13-27(3)4)15-19(22)24(20)26-21-10-7-6-9-17(21)2/h6-7,9-12,15-16H,5,8,13-14H2,1-4H3,(H,25,26). The molecule has 152 valence electrons. The number of carbonyl (C=O) groups excluding carboxylic acids is 1. The second-order valence-electron chi connectivity index (χ2n) is 7.49. The Morgan fingerprint density at radius 2 is 1.97 bits per heavy atom. The Morgan fingerprint density at radius 3 is 2.69 bits per heavy atom. The predicted molar refractivity (Wildman–Crippen MR) is 119 cm³/mol. The third-order valence-electron chi connectivity index (χ3n) is 4.83. The lowest BCUT2D eigenvalue weighted by atomic mass is 10.0. The highest BCUT2D eigenvalue weighted by molar-refractivity contribution is 6.09. The average molecular weight is 392 g/mol. The smallest absolute Gasteiger partial charge is 0.166 e. The largest absolute Gasteiger partial charge is 0.492 e. The number of hydrogen-bond acceptors (Lipinski definition) is 5. The molecule has 0 saturated carbocycles. The summed E-state index contributed by atoms with van der Waals surface area (Å²) in [6.45, 7) is 5.49. The van der Waals surface area contributed by atoms with E-state index < -0.39 is 0 Å². The Morgan fingerprint density at radius 1 is 1.17 bits per heavy atom. The molecule has 0 amide bonds. The van der Waals surface area contributed by atoms with Gasteiger partial charge in [-0.15, -0.1) is 0 Å². The van der Waals surface area contributed by atoms with Crippen molar-refractivity contribution in [2.24, 2.45) is 0 Å². The molecule has 1 aromatic heterocycles. The molecule has 0 spiro atoms. The molecule has 0 aliphatic heterocycles. The number of nitrogens with one attached hydrogen (secondary N) is 1. The van der Waals surface area contributed by atoms with Gasteiger partial charge in [0.2, 0.25) is 0 Å². The second kappa shape index (κ2) is 9.52. The zero-order chi connectivity index (χ0) is 20.8. The Balaban J connectivity index is 2.06. The molecule has 3 rings (SSSR count). The molecule has 0 aliphatic rings. The summed E-state index contributed by atoms with van der Waals surface area (Å²) in [5.41, 5.74) is 4.33. The minimum absolute atomic E-state index is 0.0944. The number of likely N-dealkylation sites (N-methyl/N-ethyl adjacent to an activating group) is 1. The number of aryl methyl sites for hydroxylation is 1. The molecule has 29 heavy (non-hydrogen) atoms. The molecule has 1 N–H and O–H groups in total. The second-order valence-corrected chi connectivity index (χ2v) is 7.49. The average Bonchev–Trinajstić information content (AvgIpc) is 2.69. The normalized spacial score (nSPS) is 11.1. The van der Waals surface area contributed by atoms with Gasteiger partial charge in [-0.25, -0.2) is 0 Å². The molecule has 0 unspecified atom stereocenters. The fourth-order valence-electron chi connectivity index (χ4n) is 3.16. The van der Waals surface area contributed by atoms with Crippen molar-refractivity contribution < 1.29 is 9.53 Å². The van der Waals surface area contributed by atoms with Gasteiger partial charge in [-0.05, 0) is 57.3 Å². The van der Waals surface area contributed by atoms with Crippen molar-refractivity contribution in [1.29, 1.82) is 0 Å². The van der Waals surface area contributed by atoms with Crippen molar-refractivity contribution in [3.63, 3.8) is 0 Å². The number of Topliss-reactive ketones (excluding diaryl/α,β-unsaturated/α-hetero) is 1. The number of nitrogens with zero attached hydrogens (tertiary/aromatic N) is 2. The van der Waals surface area contributed by atoms with Gasteiger partial charge in [-0.3, -0.25) is 9.78 Å². The molecule has 0 fully saturated rings. The van der Waals surface area contributed by atoms with Crippen LogP contribution in [0, 0.1) is 6.92 Å². The number of anilines is 2. The number of rotatable bonds is 9. The highest BCUT2D eigenvalue weighted by atomic mass is 16.5. The van der Waals surface area contributed by atoms with E-state index in [4.69, 9.17) is 4.74 Å². The summed E-state index contributed by atoms with van der Waals surface area (Å²) in [6.07, 6.45) is 2.98. The summed E-state index contributed by atoms with van der Waals surface area (Å²) in [6, 6.07) is 13.9. The van der Waals surface area contributed by atoms with Gasteiger partial charge in [-0.2, -0.15) is 0 Å². The maximum absolute atomic E-state index is 12.8. The molecule has 0 aliphatic carbocycles. The van der Waals surface area contributed by atoms with Gasteiger partial charge in [0.1, 0.15) is 12.4 Å². The summed E-state index contributed by atoms with van der Waals surface area (Å²) in [5.74, 6) is 0.867. The molecule has 0 atom stereocenters. The van der Waals surface area contributed by atoms with Gasteiger partial charge < -0.3 is 15.0 Å². The molecule has 1 heterocycles. The highest BCUT2D eigenvalue weighted by Gasteiger charge is 2.16. The predicted octanol–water partition coefficient (Wildman–Crippen LogP) is 5.21. The molecule has 0 saturated heterocycles. The van der Waals surface area contributed by atoms with E-state index in [1.165, 1.54) is 0 Å².